The summed E-state index contributed by atoms with van der Waals surface area (Å²) in [6.07, 6.45) is 0. The highest BCUT2D eigenvalue weighted by Crippen LogP contribution is 2.59. The molecule has 0 heteroatoms. The third-order valence-electron chi connectivity index (χ3n) is 14.9. The van der Waals surface area contributed by atoms with E-state index in [-0.39, 0.29) is 5.41 Å². The predicted molar refractivity (Wildman–Crippen MR) is 278 cm³/mol. The highest BCUT2D eigenvalue weighted by Gasteiger charge is 2.39. The van der Waals surface area contributed by atoms with E-state index in [1.54, 1.807) is 0 Å². The van der Waals surface area contributed by atoms with Crippen LogP contribution in [0, 0.1) is 0 Å². The first kappa shape index (κ1) is 36.4. The Bertz CT molecular complexity index is 3890. The van der Waals surface area contributed by atoms with E-state index in [0.717, 1.165) is 0 Å². The summed E-state index contributed by atoms with van der Waals surface area (Å²) in [6.45, 7) is 4.83. The lowest BCUT2D eigenvalue weighted by Crippen LogP contribution is -2.15. The van der Waals surface area contributed by atoms with Crippen molar-refractivity contribution in [3.8, 4) is 77.9 Å². The zero-order valence-corrected chi connectivity index (χ0v) is 36.3. The molecule has 0 atom stereocenters. The first-order chi connectivity index (χ1) is 32.0. The van der Waals surface area contributed by atoms with Gasteiger partial charge in [0.15, 0.2) is 0 Å². The van der Waals surface area contributed by atoms with Crippen LogP contribution in [0.5, 0.6) is 0 Å². The number of hydrogen-bond acceptors (Lipinski definition) is 0. The van der Waals surface area contributed by atoms with Gasteiger partial charge < -0.3 is 0 Å². The Hall–Kier alpha value is -8.06. The van der Waals surface area contributed by atoms with E-state index in [4.69, 9.17) is 0 Å². The van der Waals surface area contributed by atoms with Gasteiger partial charge >= 0.3 is 0 Å². The van der Waals surface area contributed by atoms with Gasteiger partial charge in [-0.2, -0.15) is 0 Å². The monoisotopic (exact) mass is 822 g/mol. The molecule has 0 radical (unpaired) electrons. The van der Waals surface area contributed by atoms with Gasteiger partial charge in [-0.05, 0) is 161 Å². The molecule has 0 heterocycles. The second kappa shape index (κ2) is 13.5. The van der Waals surface area contributed by atoms with Crippen LogP contribution in [0.4, 0.5) is 0 Å². The van der Waals surface area contributed by atoms with Crippen molar-refractivity contribution in [2.45, 2.75) is 19.3 Å². The smallest absolute Gasteiger partial charge is 0.0165 e. The third-order valence-corrected chi connectivity index (χ3v) is 14.9. The third kappa shape index (κ3) is 5.08. The van der Waals surface area contributed by atoms with Crippen LogP contribution >= 0.6 is 0 Å². The zero-order chi connectivity index (χ0) is 43.0. The minimum atomic E-state index is -0.138. The Balaban J connectivity index is 0.892. The van der Waals surface area contributed by atoms with Gasteiger partial charge in [-0.25, -0.2) is 0 Å². The molecule has 0 saturated heterocycles. The van der Waals surface area contributed by atoms with Crippen molar-refractivity contribution in [3.63, 3.8) is 0 Å². The lowest BCUT2D eigenvalue weighted by Gasteiger charge is -2.24. The van der Waals surface area contributed by atoms with Gasteiger partial charge in [0.05, 0.1) is 0 Å². The van der Waals surface area contributed by atoms with Crippen molar-refractivity contribution >= 4 is 53.9 Å². The number of fused-ring (bicyclic) bond motifs is 13. The number of rotatable bonds is 4. The van der Waals surface area contributed by atoms with E-state index < -0.39 is 0 Å². The summed E-state index contributed by atoms with van der Waals surface area (Å²) >= 11 is 0. The number of benzene rings is 12. The molecule has 0 fully saturated rings. The molecule has 0 saturated carbocycles. The summed E-state index contributed by atoms with van der Waals surface area (Å²) in [5.41, 5.74) is 20.8. The molecular weight excluding hydrogens is 781 g/mol. The quantitative estimate of drug-likeness (QED) is 0.155. The van der Waals surface area contributed by atoms with Gasteiger partial charge in [-0.1, -0.05) is 214 Å². The molecule has 2 aliphatic carbocycles. The molecule has 0 aliphatic heterocycles. The van der Waals surface area contributed by atoms with Gasteiger partial charge in [0, 0.05) is 5.41 Å². The second-order valence-corrected chi connectivity index (χ2v) is 18.7. The van der Waals surface area contributed by atoms with Crippen LogP contribution in [0.15, 0.2) is 218 Å². The van der Waals surface area contributed by atoms with Crippen molar-refractivity contribution < 1.29 is 0 Å². The Morgan fingerprint density at radius 1 is 0.262 bits per heavy atom. The minimum absolute atomic E-state index is 0.138. The molecule has 65 heavy (non-hydrogen) atoms. The Morgan fingerprint density at radius 2 is 0.754 bits per heavy atom. The molecule has 302 valence electrons. The van der Waals surface area contributed by atoms with Crippen molar-refractivity contribution in [2.75, 3.05) is 0 Å². The Morgan fingerprint density at radius 3 is 1.40 bits per heavy atom. The maximum atomic E-state index is 2.48. The SMILES string of the molecule is CC1(C)c2cc3cc(-c4ccc(-c5ccc6c7c(cccc57)-c5c-6c(-c6ccccc6)c6ccccc6c5-c5ccccc5)cc4)ccc3cc2-c2c1c1ccccc1c1ccccc21. The van der Waals surface area contributed by atoms with E-state index in [1.807, 2.05) is 0 Å². The molecule has 2 aliphatic rings. The van der Waals surface area contributed by atoms with Crippen molar-refractivity contribution in [1.82, 2.24) is 0 Å². The van der Waals surface area contributed by atoms with Crippen LogP contribution in [0.25, 0.3) is 132 Å². The van der Waals surface area contributed by atoms with E-state index in [1.165, 1.54) is 143 Å². The molecule has 0 nitrogen and oxygen atoms in total. The van der Waals surface area contributed by atoms with Gasteiger partial charge in [0.25, 0.3) is 0 Å². The summed E-state index contributed by atoms with van der Waals surface area (Å²) in [4.78, 5) is 0. The molecule has 14 rings (SSSR count). The van der Waals surface area contributed by atoms with E-state index in [9.17, 15) is 0 Å². The average Bonchev–Trinajstić information content (AvgIpc) is 3.81. The molecule has 12 aromatic carbocycles. The molecule has 0 spiro atoms. The fraction of sp³-hybridized carbons (Fsp3) is 0.0462. The summed E-state index contributed by atoms with van der Waals surface area (Å²) in [7, 11) is 0. The van der Waals surface area contributed by atoms with Crippen molar-refractivity contribution in [2.24, 2.45) is 0 Å². The highest BCUT2D eigenvalue weighted by molar-refractivity contribution is 6.29. The molecular formula is C65H42. The Kier molecular flexibility index (Phi) is 7.55. The molecule has 0 N–H and O–H groups in total. The van der Waals surface area contributed by atoms with Crippen LogP contribution in [0.1, 0.15) is 25.0 Å². The van der Waals surface area contributed by atoms with Crippen molar-refractivity contribution in [1.29, 1.82) is 0 Å². The highest BCUT2D eigenvalue weighted by atomic mass is 14.4. The second-order valence-electron chi connectivity index (χ2n) is 18.7. The normalized spacial score (nSPS) is 13.2. The van der Waals surface area contributed by atoms with Gasteiger partial charge in [0.1, 0.15) is 0 Å². The predicted octanol–water partition coefficient (Wildman–Crippen LogP) is 18.1. The molecule has 0 bridgehead atoms. The van der Waals surface area contributed by atoms with Crippen LogP contribution in [-0.4, -0.2) is 0 Å². The summed E-state index contributed by atoms with van der Waals surface area (Å²) in [5.74, 6) is 0. The van der Waals surface area contributed by atoms with Crippen LogP contribution in [0.3, 0.4) is 0 Å². The van der Waals surface area contributed by atoms with E-state index in [0.29, 0.717) is 0 Å². The van der Waals surface area contributed by atoms with Crippen LogP contribution < -0.4 is 0 Å². The lowest BCUT2D eigenvalue weighted by molar-refractivity contribution is 0.667. The topological polar surface area (TPSA) is 0 Å². The first-order valence-electron chi connectivity index (χ1n) is 22.9. The van der Waals surface area contributed by atoms with E-state index in [2.05, 4.69) is 232 Å². The van der Waals surface area contributed by atoms with Gasteiger partial charge in [0.2, 0.25) is 0 Å². The molecule has 0 amide bonds. The van der Waals surface area contributed by atoms with E-state index >= 15 is 0 Å². The fourth-order valence-electron chi connectivity index (χ4n) is 12.1. The Labute approximate surface area is 378 Å². The van der Waals surface area contributed by atoms with Crippen LogP contribution in [0.2, 0.25) is 0 Å². The van der Waals surface area contributed by atoms with Gasteiger partial charge in [-0.3, -0.25) is 0 Å². The van der Waals surface area contributed by atoms with Crippen LogP contribution in [-0.2, 0) is 5.41 Å². The summed E-state index contributed by atoms with van der Waals surface area (Å²) < 4.78 is 0. The first-order valence-corrected chi connectivity index (χ1v) is 22.9. The number of hydrogen-bond donors (Lipinski definition) is 0. The molecule has 0 aromatic heterocycles. The zero-order valence-electron chi connectivity index (χ0n) is 36.3. The lowest BCUT2D eigenvalue weighted by atomic mass is 9.79. The average molecular weight is 823 g/mol. The maximum Gasteiger partial charge on any atom is 0.0165 e. The van der Waals surface area contributed by atoms with Gasteiger partial charge in [-0.15, -0.1) is 0 Å². The largest absolute Gasteiger partial charge is 0.0622 e. The fourth-order valence-corrected chi connectivity index (χ4v) is 12.1. The standard InChI is InChI=1S/C65H42/c1-65(2)57-38-45-36-43(32-33-44(45)37-56(57)61-50-22-11-9-20-47(50)48-21-10-14-25-53(48)64(61)65)39-28-30-40(31-29-39)46-34-35-55-60-49(46)26-15-27-54(60)62-58(41-16-5-3-6-17-41)51-23-12-13-24-52(51)59(63(55)62)42-18-7-4-8-19-42/h3-38H,1-2H3. The maximum absolute atomic E-state index is 2.48. The van der Waals surface area contributed by atoms with Crippen molar-refractivity contribution in [3.05, 3.63) is 230 Å². The minimum Gasteiger partial charge on any atom is -0.0622 e. The molecule has 0 unspecified atom stereocenters. The summed E-state index contributed by atoms with van der Waals surface area (Å²) in [5, 5.41) is 13.1. The summed E-state index contributed by atoms with van der Waals surface area (Å²) in [6, 6.07) is 81.8. The molecule has 12 aromatic rings.